The summed E-state index contributed by atoms with van der Waals surface area (Å²) in [5.41, 5.74) is 12.9. The van der Waals surface area contributed by atoms with Gasteiger partial charge < -0.3 is 0 Å². The molecule has 0 saturated heterocycles. The Hall–Kier alpha value is -4.82. The fourth-order valence-corrected chi connectivity index (χ4v) is 4.48. The first-order valence-corrected chi connectivity index (χ1v) is 13.0. The molecule has 0 radical (unpaired) electrons. The lowest BCUT2D eigenvalue weighted by atomic mass is 9.91. The third kappa shape index (κ3) is 6.74. The number of pyridine rings is 2. The van der Waals surface area contributed by atoms with Gasteiger partial charge in [-0.05, 0) is 125 Å². The molecule has 39 heavy (non-hydrogen) atoms. The smallest absolute Gasteiger partial charge is 0.0346 e. The Bertz CT molecular complexity index is 1600. The van der Waals surface area contributed by atoms with Gasteiger partial charge in [0.1, 0.15) is 0 Å². The molecule has 0 atom stereocenters. The Morgan fingerprint density at radius 1 is 0.667 bits per heavy atom. The van der Waals surface area contributed by atoms with Gasteiger partial charge in [-0.15, -0.1) is 0 Å². The monoisotopic (exact) mass is 506 g/mol. The summed E-state index contributed by atoms with van der Waals surface area (Å²) < 4.78 is 0. The van der Waals surface area contributed by atoms with E-state index in [1.165, 1.54) is 0 Å². The van der Waals surface area contributed by atoms with Crippen LogP contribution in [-0.4, -0.2) is 9.97 Å². The standard InChI is InChI=1S/C37H34N2/c1-7-11-26(3)32-18-34(22-36(20-32)30-13-9-15-38-24-30)28(5)17-29(6)35-19-33(27(4)12-8-2)21-37(23-35)31-14-10-16-39-25-31/h7-25H,1,4,6H2,2-3,5H3/b12-8-,26-11+,28-17+. The molecule has 2 aromatic heterocycles. The molecular formula is C37H34N2. The van der Waals surface area contributed by atoms with Crippen LogP contribution in [0.1, 0.15) is 43.0 Å². The van der Waals surface area contributed by atoms with Gasteiger partial charge in [0.15, 0.2) is 0 Å². The van der Waals surface area contributed by atoms with E-state index in [-0.39, 0.29) is 0 Å². The topological polar surface area (TPSA) is 25.8 Å². The first-order valence-electron chi connectivity index (χ1n) is 13.0. The fourth-order valence-electron chi connectivity index (χ4n) is 4.48. The van der Waals surface area contributed by atoms with Crippen molar-refractivity contribution in [2.24, 2.45) is 0 Å². The van der Waals surface area contributed by atoms with E-state index >= 15 is 0 Å². The molecule has 0 saturated carbocycles. The number of allylic oxidation sites excluding steroid dienone is 9. The predicted molar refractivity (Wildman–Crippen MR) is 170 cm³/mol. The molecular weight excluding hydrogens is 472 g/mol. The van der Waals surface area contributed by atoms with Crippen molar-refractivity contribution in [3.8, 4) is 22.3 Å². The molecule has 0 amide bonds. The molecule has 0 aliphatic rings. The van der Waals surface area contributed by atoms with Gasteiger partial charge in [-0.25, -0.2) is 0 Å². The Kier molecular flexibility index (Phi) is 8.81. The van der Waals surface area contributed by atoms with Gasteiger partial charge in [-0.1, -0.05) is 62.2 Å². The number of rotatable bonds is 9. The summed E-state index contributed by atoms with van der Waals surface area (Å²) in [5, 5.41) is 0. The highest BCUT2D eigenvalue weighted by Gasteiger charge is 2.10. The zero-order valence-electron chi connectivity index (χ0n) is 23.0. The molecule has 2 heteroatoms. The minimum absolute atomic E-state index is 0.930. The average Bonchev–Trinajstić information content (AvgIpc) is 2.97. The molecule has 0 N–H and O–H groups in total. The maximum absolute atomic E-state index is 4.46. The van der Waals surface area contributed by atoms with Crippen LogP contribution in [0.3, 0.4) is 0 Å². The highest BCUT2D eigenvalue weighted by molar-refractivity contribution is 5.88. The number of hydrogen-bond acceptors (Lipinski definition) is 2. The van der Waals surface area contributed by atoms with Crippen LogP contribution >= 0.6 is 0 Å². The molecule has 0 bridgehead atoms. The Morgan fingerprint density at radius 2 is 1.18 bits per heavy atom. The van der Waals surface area contributed by atoms with Crippen molar-refractivity contribution in [1.82, 2.24) is 9.97 Å². The first-order chi connectivity index (χ1) is 18.9. The second kappa shape index (κ2) is 12.6. The molecule has 192 valence electrons. The summed E-state index contributed by atoms with van der Waals surface area (Å²) in [6.07, 6.45) is 17.4. The number of aromatic nitrogens is 2. The Balaban J connectivity index is 1.79. The van der Waals surface area contributed by atoms with E-state index in [0.29, 0.717) is 0 Å². The molecule has 0 spiro atoms. The summed E-state index contributed by atoms with van der Waals surface area (Å²) in [5.74, 6) is 0. The van der Waals surface area contributed by atoms with Crippen molar-refractivity contribution in [3.05, 3.63) is 158 Å². The maximum atomic E-state index is 4.46. The third-order valence-corrected chi connectivity index (χ3v) is 6.63. The van der Waals surface area contributed by atoms with Gasteiger partial charge in [0.25, 0.3) is 0 Å². The van der Waals surface area contributed by atoms with Crippen LogP contribution in [-0.2, 0) is 0 Å². The van der Waals surface area contributed by atoms with Gasteiger partial charge in [-0.3, -0.25) is 9.97 Å². The van der Waals surface area contributed by atoms with Crippen molar-refractivity contribution in [3.63, 3.8) is 0 Å². The van der Waals surface area contributed by atoms with Crippen LogP contribution in [0.4, 0.5) is 0 Å². The minimum atomic E-state index is 0.930. The third-order valence-electron chi connectivity index (χ3n) is 6.63. The van der Waals surface area contributed by atoms with E-state index in [4.69, 9.17) is 0 Å². The highest BCUT2D eigenvalue weighted by Crippen LogP contribution is 2.32. The Labute approximate surface area is 232 Å². The van der Waals surface area contributed by atoms with Gasteiger partial charge in [0, 0.05) is 35.9 Å². The lowest BCUT2D eigenvalue weighted by Gasteiger charge is -2.13. The van der Waals surface area contributed by atoms with Crippen LogP contribution in [0.2, 0.25) is 0 Å². The molecule has 0 aliphatic carbocycles. The van der Waals surface area contributed by atoms with Crippen molar-refractivity contribution in [1.29, 1.82) is 0 Å². The van der Waals surface area contributed by atoms with Crippen LogP contribution in [0, 0.1) is 0 Å². The predicted octanol–water partition coefficient (Wildman–Crippen LogP) is 10.1. The second-order valence-electron chi connectivity index (χ2n) is 9.54. The van der Waals surface area contributed by atoms with Crippen LogP contribution < -0.4 is 0 Å². The van der Waals surface area contributed by atoms with Crippen molar-refractivity contribution >= 4 is 22.3 Å². The minimum Gasteiger partial charge on any atom is -0.264 e. The normalized spacial score (nSPS) is 12.0. The number of benzene rings is 2. The van der Waals surface area contributed by atoms with Crippen molar-refractivity contribution in [2.45, 2.75) is 20.8 Å². The first kappa shape index (κ1) is 27.2. The van der Waals surface area contributed by atoms with Crippen LogP contribution in [0.5, 0.6) is 0 Å². The summed E-state index contributed by atoms with van der Waals surface area (Å²) in [6, 6.07) is 21.2. The molecule has 2 aromatic carbocycles. The number of hydrogen-bond donors (Lipinski definition) is 0. The molecule has 2 heterocycles. The van der Waals surface area contributed by atoms with Gasteiger partial charge in [0.2, 0.25) is 0 Å². The fraction of sp³-hybridized carbons (Fsp3) is 0.0811. The van der Waals surface area contributed by atoms with E-state index in [2.05, 4.69) is 98.2 Å². The maximum Gasteiger partial charge on any atom is 0.0346 e. The molecule has 4 aromatic rings. The van der Waals surface area contributed by atoms with Crippen LogP contribution in [0.25, 0.3) is 44.5 Å². The zero-order chi connectivity index (χ0) is 27.8. The van der Waals surface area contributed by atoms with Gasteiger partial charge >= 0.3 is 0 Å². The van der Waals surface area contributed by atoms with E-state index in [0.717, 1.165) is 66.8 Å². The summed E-state index contributed by atoms with van der Waals surface area (Å²) in [4.78, 5) is 8.64. The quantitative estimate of drug-likeness (QED) is 0.211. The number of nitrogens with zero attached hydrogens (tertiary/aromatic N) is 2. The molecule has 0 unspecified atom stereocenters. The Morgan fingerprint density at radius 3 is 1.69 bits per heavy atom. The largest absolute Gasteiger partial charge is 0.264 e. The molecule has 4 rings (SSSR count). The lowest BCUT2D eigenvalue weighted by molar-refractivity contribution is 1.33. The average molecular weight is 507 g/mol. The lowest BCUT2D eigenvalue weighted by Crippen LogP contribution is -1.92. The van der Waals surface area contributed by atoms with Crippen molar-refractivity contribution < 1.29 is 0 Å². The van der Waals surface area contributed by atoms with Gasteiger partial charge in [0.05, 0.1) is 0 Å². The van der Waals surface area contributed by atoms with Crippen molar-refractivity contribution in [2.75, 3.05) is 0 Å². The zero-order valence-corrected chi connectivity index (χ0v) is 23.0. The molecule has 0 fully saturated rings. The molecule has 0 aliphatic heterocycles. The SMILES string of the molecule is C=C/C=C(\C)c1cc(/C(C)=C/C(=C)c2cc(C(=C)/C=C\C)cc(-c3cccnc3)c2)cc(-c2cccnc2)c1. The van der Waals surface area contributed by atoms with E-state index in [1.807, 2.05) is 55.8 Å². The summed E-state index contributed by atoms with van der Waals surface area (Å²) in [7, 11) is 0. The summed E-state index contributed by atoms with van der Waals surface area (Å²) in [6.45, 7) is 18.9. The highest BCUT2D eigenvalue weighted by atomic mass is 14.6. The van der Waals surface area contributed by atoms with E-state index in [1.54, 1.807) is 12.4 Å². The van der Waals surface area contributed by atoms with E-state index < -0.39 is 0 Å². The second-order valence-corrected chi connectivity index (χ2v) is 9.54. The van der Waals surface area contributed by atoms with E-state index in [9.17, 15) is 0 Å². The summed E-state index contributed by atoms with van der Waals surface area (Å²) >= 11 is 0. The molecule has 2 nitrogen and oxygen atoms in total. The van der Waals surface area contributed by atoms with Gasteiger partial charge in [-0.2, -0.15) is 0 Å². The van der Waals surface area contributed by atoms with Crippen LogP contribution in [0.15, 0.2) is 136 Å².